The molecule has 3 aromatic rings. The molecule has 3 N–H and O–H groups in total. The molecule has 6 heteroatoms. The first-order chi connectivity index (χ1) is 12.2. The topological polar surface area (TPSA) is 86.9 Å². The number of H-pyrrole nitrogens is 1. The third-order valence-electron chi connectivity index (χ3n) is 3.69. The molecule has 0 fully saturated rings. The number of aromatic nitrogens is 2. The Morgan fingerprint density at radius 2 is 1.60 bits per heavy atom. The van der Waals surface area contributed by atoms with Gasteiger partial charge in [0.25, 0.3) is 5.91 Å². The maximum absolute atomic E-state index is 12.1. The minimum Gasteiger partial charge on any atom is -0.273 e. The first-order valence-electron chi connectivity index (χ1n) is 7.96. The Morgan fingerprint density at radius 3 is 2.32 bits per heavy atom. The van der Waals surface area contributed by atoms with Crippen LogP contribution in [-0.4, -0.2) is 22.0 Å². The van der Waals surface area contributed by atoms with Gasteiger partial charge in [0.05, 0.1) is 5.69 Å². The van der Waals surface area contributed by atoms with Crippen LogP contribution in [0, 0.1) is 0 Å². The number of aryl methyl sites for hydroxylation is 1. The van der Waals surface area contributed by atoms with E-state index in [9.17, 15) is 9.59 Å². The molecule has 25 heavy (non-hydrogen) atoms. The molecule has 0 atom stereocenters. The molecular weight excluding hydrogens is 316 g/mol. The molecule has 1 heterocycles. The summed E-state index contributed by atoms with van der Waals surface area (Å²) in [6.07, 6.45) is 0.910. The Kier molecular flexibility index (Phi) is 5.21. The van der Waals surface area contributed by atoms with Crippen LogP contribution < -0.4 is 10.9 Å². The van der Waals surface area contributed by atoms with Gasteiger partial charge in [-0.15, -0.1) is 0 Å². The highest BCUT2D eigenvalue weighted by atomic mass is 16.2. The van der Waals surface area contributed by atoms with Gasteiger partial charge in [0.2, 0.25) is 5.91 Å². The molecule has 0 saturated carbocycles. The number of carbonyl (C=O) groups is 2. The molecule has 0 unspecified atom stereocenters. The van der Waals surface area contributed by atoms with Crippen LogP contribution in [0.2, 0.25) is 0 Å². The molecular formula is C19H18N4O2. The predicted octanol–water partition coefficient (Wildman–Crippen LogP) is 2.47. The zero-order chi connectivity index (χ0) is 17.5. The van der Waals surface area contributed by atoms with Gasteiger partial charge in [-0.3, -0.25) is 25.5 Å². The highest BCUT2D eigenvalue weighted by molar-refractivity contribution is 5.94. The van der Waals surface area contributed by atoms with Crippen LogP contribution in [0.1, 0.15) is 22.5 Å². The van der Waals surface area contributed by atoms with Crippen LogP contribution >= 0.6 is 0 Å². The van der Waals surface area contributed by atoms with Crippen LogP contribution in [0.25, 0.3) is 11.3 Å². The summed E-state index contributed by atoms with van der Waals surface area (Å²) in [6.45, 7) is 0. The quantitative estimate of drug-likeness (QED) is 0.627. The summed E-state index contributed by atoms with van der Waals surface area (Å²) in [7, 11) is 0. The van der Waals surface area contributed by atoms with E-state index in [1.165, 1.54) is 0 Å². The molecule has 1 aromatic heterocycles. The molecule has 2 aromatic carbocycles. The Labute approximate surface area is 145 Å². The summed E-state index contributed by atoms with van der Waals surface area (Å²) < 4.78 is 0. The lowest BCUT2D eigenvalue weighted by atomic mass is 10.1. The number of benzene rings is 2. The molecule has 6 nitrogen and oxygen atoms in total. The molecule has 0 aliphatic carbocycles. The Balaban J connectivity index is 1.49. The number of hydrogen-bond donors (Lipinski definition) is 3. The van der Waals surface area contributed by atoms with Gasteiger partial charge in [0.1, 0.15) is 5.69 Å². The van der Waals surface area contributed by atoms with E-state index in [0.717, 1.165) is 11.1 Å². The van der Waals surface area contributed by atoms with Gasteiger partial charge in [-0.25, -0.2) is 0 Å². The SMILES string of the molecule is O=C(CCc1ccccc1)NNC(=O)c1cc(-c2ccccc2)n[nH]1. The van der Waals surface area contributed by atoms with Crippen molar-refractivity contribution < 1.29 is 9.59 Å². The van der Waals surface area contributed by atoms with Gasteiger partial charge in [0, 0.05) is 12.0 Å². The fourth-order valence-electron chi connectivity index (χ4n) is 2.35. The van der Waals surface area contributed by atoms with E-state index in [1.807, 2.05) is 60.7 Å². The molecule has 2 amide bonds. The zero-order valence-electron chi connectivity index (χ0n) is 13.5. The largest absolute Gasteiger partial charge is 0.287 e. The number of aromatic amines is 1. The number of carbonyl (C=O) groups excluding carboxylic acids is 2. The van der Waals surface area contributed by atoms with Crippen molar-refractivity contribution in [3.05, 3.63) is 78.0 Å². The molecule has 0 bridgehead atoms. The molecule has 3 rings (SSSR count). The molecule has 0 spiro atoms. The maximum Gasteiger partial charge on any atom is 0.287 e. The van der Waals surface area contributed by atoms with Crippen molar-refractivity contribution in [1.82, 2.24) is 21.0 Å². The lowest BCUT2D eigenvalue weighted by Crippen LogP contribution is -2.41. The number of nitrogens with one attached hydrogen (secondary N) is 3. The van der Waals surface area contributed by atoms with E-state index in [-0.39, 0.29) is 11.6 Å². The van der Waals surface area contributed by atoms with Crippen LogP contribution in [-0.2, 0) is 11.2 Å². The molecule has 0 radical (unpaired) electrons. The van der Waals surface area contributed by atoms with E-state index in [2.05, 4.69) is 21.0 Å². The predicted molar refractivity (Wildman–Crippen MR) is 94.4 cm³/mol. The monoisotopic (exact) mass is 334 g/mol. The van der Waals surface area contributed by atoms with E-state index in [4.69, 9.17) is 0 Å². The minimum atomic E-state index is -0.442. The van der Waals surface area contributed by atoms with Crippen LogP contribution in [0.15, 0.2) is 66.7 Å². The minimum absolute atomic E-state index is 0.250. The van der Waals surface area contributed by atoms with E-state index >= 15 is 0 Å². The van der Waals surface area contributed by atoms with Crippen LogP contribution in [0.3, 0.4) is 0 Å². The summed E-state index contributed by atoms with van der Waals surface area (Å²) in [5.41, 5.74) is 7.73. The zero-order valence-corrected chi connectivity index (χ0v) is 13.5. The van der Waals surface area contributed by atoms with Crippen molar-refractivity contribution in [3.8, 4) is 11.3 Å². The van der Waals surface area contributed by atoms with Crippen LogP contribution in [0.5, 0.6) is 0 Å². The average Bonchev–Trinajstić information content (AvgIpc) is 3.16. The normalized spacial score (nSPS) is 10.2. The molecule has 0 aliphatic rings. The Bertz CT molecular complexity index is 844. The summed E-state index contributed by atoms with van der Waals surface area (Å²) in [5.74, 6) is -0.692. The Morgan fingerprint density at radius 1 is 0.920 bits per heavy atom. The van der Waals surface area contributed by atoms with Crippen molar-refractivity contribution >= 4 is 11.8 Å². The second-order valence-corrected chi connectivity index (χ2v) is 5.52. The van der Waals surface area contributed by atoms with Gasteiger partial charge in [-0.05, 0) is 18.1 Å². The highest BCUT2D eigenvalue weighted by Crippen LogP contribution is 2.16. The van der Waals surface area contributed by atoms with Crippen molar-refractivity contribution in [3.63, 3.8) is 0 Å². The highest BCUT2D eigenvalue weighted by Gasteiger charge is 2.11. The molecule has 126 valence electrons. The van der Waals surface area contributed by atoms with E-state index < -0.39 is 5.91 Å². The number of nitrogens with zero attached hydrogens (tertiary/aromatic N) is 1. The van der Waals surface area contributed by atoms with Gasteiger partial charge in [-0.2, -0.15) is 5.10 Å². The van der Waals surface area contributed by atoms with E-state index in [0.29, 0.717) is 18.5 Å². The van der Waals surface area contributed by atoms with E-state index in [1.54, 1.807) is 6.07 Å². The van der Waals surface area contributed by atoms with Crippen LogP contribution in [0.4, 0.5) is 0 Å². The lowest BCUT2D eigenvalue weighted by Gasteiger charge is -2.06. The second-order valence-electron chi connectivity index (χ2n) is 5.52. The second kappa shape index (κ2) is 7.92. The number of hydrogen-bond acceptors (Lipinski definition) is 3. The molecule has 0 aliphatic heterocycles. The summed E-state index contributed by atoms with van der Waals surface area (Å²) in [5, 5.41) is 6.78. The average molecular weight is 334 g/mol. The van der Waals surface area contributed by atoms with Crippen molar-refractivity contribution in [2.75, 3.05) is 0 Å². The number of hydrazine groups is 1. The third-order valence-corrected chi connectivity index (χ3v) is 3.69. The Hall–Kier alpha value is -3.41. The fourth-order valence-corrected chi connectivity index (χ4v) is 2.35. The van der Waals surface area contributed by atoms with Gasteiger partial charge >= 0.3 is 0 Å². The first-order valence-corrected chi connectivity index (χ1v) is 7.96. The lowest BCUT2D eigenvalue weighted by molar-refractivity contribution is -0.121. The summed E-state index contributed by atoms with van der Waals surface area (Å²) in [6, 6.07) is 20.9. The molecule has 0 saturated heterocycles. The van der Waals surface area contributed by atoms with Gasteiger partial charge in [0.15, 0.2) is 0 Å². The third kappa shape index (κ3) is 4.54. The van der Waals surface area contributed by atoms with Crippen molar-refractivity contribution in [2.24, 2.45) is 0 Å². The number of rotatable bonds is 5. The van der Waals surface area contributed by atoms with Crippen molar-refractivity contribution in [1.29, 1.82) is 0 Å². The van der Waals surface area contributed by atoms with Gasteiger partial charge in [-0.1, -0.05) is 60.7 Å². The summed E-state index contributed by atoms with van der Waals surface area (Å²) in [4.78, 5) is 23.9. The first kappa shape index (κ1) is 16.4. The number of amides is 2. The van der Waals surface area contributed by atoms with Crippen molar-refractivity contribution in [2.45, 2.75) is 12.8 Å². The maximum atomic E-state index is 12.1. The smallest absolute Gasteiger partial charge is 0.273 e. The standard InChI is InChI=1S/C19H18N4O2/c24-18(12-11-14-7-3-1-4-8-14)22-23-19(25)17-13-16(20-21-17)15-9-5-2-6-10-15/h1-10,13H,11-12H2,(H,20,21)(H,22,24)(H,23,25). The fraction of sp³-hybridized carbons (Fsp3) is 0.105. The van der Waals surface area contributed by atoms with Gasteiger partial charge < -0.3 is 0 Å². The summed E-state index contributed by atoms with van der Waals surface area (Å²) >= 11 is 0.